The number of thiophene rings is 1. The molecule has 0 saturated carbocycles. The minimum Gasteiger partial charge on any atom is -0.277 e. The summed E-state index contributed by atoms with van der Waals surface area (Å²) in [5.74, 6) is -1.09. The van der Waals surface area contributed by atoms with E-state index < -0.39 is 23.3 Å². The van der Waals surface area contributed by atoms with Gasteiger partial charge in [0.05, 0.1) is 3.79 Å². The minimum atomic E-state index is -1.30. The summed E-state index contributed by atoms with van der Waals surface area (Å²) in [6, 6.07) is 6.68. The van der Waals surface area contributed by atoms with Crippen LogP contribution in [-0.4, -0.2) is 22.8 Å². The Morgan fingerprint density at radius 3 is 2.29 bits per heavy atom. The standard InChI is InChI=1S/C16H14BrN3O3S/c17-12-2-1-11(24-12)9-16(6-3-10-4-7-18-8-5-10)13(21)19-15(23)20-14(16)22/h1-2,4-5,7-8H,3,6,9H2,(H2,19,20,21,22,23). The molecule has 24 heavy (non-hydrogen) atoms. The van der Waals surface area contributed by atoms with Crippen LogP contribution in [0.15, 0.2) is 40.4 Å². The smallest absolute Gasteiger partial charge is 0.277 e. The zero-order valence-electron chi connectivity index (χ0n) is 12.5. The lowest BCUT2D eigenvalue weighted by Crippen LogP contribution is -2.63. The van der Waals surface area contributed by atoms with E-state index in [1.165, 1.54) is 11.3 Å². The number of aromatic nitrogens is 1. The first kappa shape index (κ1) is 16.8. The van der Waals surface area contributed by atoms with Crippen LogP contribution >= 0.6 is 27.3 Å². The van der Waals surface area contributed by atoms with Crippen molar-refractivity contribution in [2.45, 2.75) is 19.3 Å². The fourth-order valence-corrected chi connectivity index (χ4v) is 4.30. The number of imide groups is 2. The molecule has 1 fully saturated rings. The zero-order chi connectivity index (χ0) is 17.2. The lowest BCUT2D eigenvalue weighted by atomic mass is 9.76. The molecule has 0 bridgehead atoms. The molecular weight excluding hydrogens is 394 g/mol. The zero-order valence-corrected chi connectivity index (χ0v) is 14.9. The molecule has 4 amide bonds. The van der Waals surface area contributed by atoms with Gasteiger partial charge < -0.3 is 0 Å². The van der Waals surface area contributed by atoms with Crippen LogP contribution in [-0.2, 0) is 22.4 Å². The summed E-state index contributed by atoms with van der Waals surface area (Å²) in [5, 5.41) is 4.47. The van der Waals surface area contributed by atoms with E-state index in [0.29, 0.717) is 12.8 Å². The third kappa shape index (κ3) is 3.39. The quantitative estimate of drug-likeness (QED) is 0.744. The molecule has 6 nitrogen and oxygen atoms in total. The predicted octanol–water partition coefficient (Wildman–Crippen LogP) is 2.43. The van der Waals surface area contributed by atoms with E-state index in [0.717, 1.165) is 14.2 Å². The Hall–Kier alpha value is -2.06. The summed E-state index contributed by atoms with van der Waals surface area (Å²) in [7, 11) is 0. The van der Waals surface area contributed by atoms with E-state index in [-0.39, 0.29) is 6.42 Å². The van der Waals surface area contributed by atoms with Crippen molar-refractivity contribution < 1.29 is 14.4 Å². The fraction of sp³-hybridized carbons (Fsp3) is 0.250. The monoisotopic (exact) mass is 407 g/mol. The molecule has 0 aromatic carbocycles. The largest absolute Gasteiger partial charge is 0.328 e. The Labute approximate surface area is 150 Å². The highest BCUT2D eigenvalue weighted by Gasteiger charge is 2.50. The van der Waals surface area contributed by atoms with Crippen molar-refractivity contribution in [1.29, 1.82) is 0 Å². The first-order valence-electron chi connectivity index (χ1n) is 7.29. The van der Waals surface area contributed by atoms with E-state index in [1.54, 1.807) is 12.4 Å². The SMILES string of the molecule is O=C1NC(=O)C(CCc2ccncc2)(Cc2ccc(Br)s2)C(=O)N1. The van der Waals surface area contributed by atoms with Gasteiger partial charge in [-0.2, -0.15) is 0 Å². The first-order valence-corrected chi connectivity index (χ1v) is 8.90. The molecule has 1 aliphatic heterocycles. The average molecular weight is 408 g/mol. The van der Waals surface area contributed by atoms with E-state index in [4.69, 9.17) is 0 Å². The van der Waals surface area contributed by atoms with Gasteiger partial charge in [0, 0.05) is 23.7 Å². The van der Waals surface area contributed by atoms with Crippen LogP contribution in [0.4, 0.5) is 4.79 Å². The minimum absolute atomic E-state index is 0.249. The Bertz CT molecular complexity index is 771. The molecule has 0 aliphatic carbocycles. The average Bonchev–Trinajstić information content (AvgIpc) is 2.96. The molecule has 0 spiro atoms. The summed E-state index contributed by atoms with van der Waals surface area (Å²) >= 11 is 4.85. The number of rotatable bonds is 5. The van der Waals surface area contributed by atoms with Crippen LogP contribution in [0.3, 0.4) is 0 Å². The molecule has 3 heterocycles. The van der Waals surface area contributed by atoms with Crippen LogP contribution in [0.25, 0.3) is 0 Å². The molecule has 0 unspecified atom stereocenters. The number of halogens is 1. The van der Waals surface area contributed by atoms with Crippen molar-refractivity contribution in [2.75, 3.05) is 0 Å². The van der Waals surface area contributed by atoms with Crippen molar-refractivity contribution in [2.24, 2.45) is 5.41 Å². The molecule has 2 aromatic rings. The first-order chi connectivity index (χ1) is 11.5. The highest BCUT2D eigenvalue weighted by atomic mass is 79.9. The molecule has 2 N–H and O–H groups in total. The van der Waals surface area contributed by atoms with Crippen LogP contribution < -0.4 is 10.6 Å². The summed E-state index contributed by atoms with van der Waals surface area (Å²) in [6.07, 6.45) is 4.42. The van der Waals surface area contributed by atoms with Crippen molar-refractivity contribution in [1.82, 2.24) is 15.6 Å². The maximum Gasteiger partial charge on any atom is 0.328 e. The van der Waals surface area contributed by atoms with Gasteiger partial charge in [0.1, 0.15) is 5.41 Å². The van der Waals surface area contributed by atoms with Gasteiger partial charge in [0.2, 0.25) is 11.8 Å². The molecule has 1 saturated heterocycles. The molecule has 0 radical (unpaired) electrons. The van der Waals surface area contributed by atoms with Gasteiger partial charge in [-0.15, -0.1) is 11.3 Å². The van der Waals surface area contributed by atoms with Crippen LogP contribution in [0.1, 0.15) is 16.9 Å². The van der Waals surface area contributed by atoms with Crippen LogP contribution in [0, 0.1) is 5.41 Å². The number of nitrogens with one attached hydrogen (secondary N) is 2. The molecule has 2 aromatic heterocycles. The summed E-state index contributed by atoms with van der Waals surface area (Å²) in [4.78, 5) is 41.4. The second-order valence-corrected chi connectivity index (χ2v) is 8.11. The second-order valence-electron chi connectivity index (χ2n) is 5.56. The molecule has 3 rings (SSSR count). The summed E-state index contributed by atoms with van der Waals surface area (Å²) in [5.41, 5.74) is -0.323. The molecule has 0 atom stereocenters. The number of urea groups is 1. The van der Waals surface area contributed by atoms with E-state index >= 15 is 0 Å². The Morgan fingerprint density at radius 2 is 1.71 bits per heavy atom. The predicted molar refractivity (Wildman–Crippen MR) is 92.4 cm³/mol. The number of carbonyl (C=O) groups is 3. The van der Waals surface area contributed by atoms with Crippen molar-refractivity contribution >= 4 is 45.1 Å². The number of hydrogen-bond acceptors (Lipinski definition) is 5. The number of aryl methyl sites for hydroxylation is 1. The lowest BCUT2D eigenvalue weighted by Gasteiger charge is -2.33. The number of pyridine rings is 1. The van der Waals surface area contributed by atoms with Gasteiger partial charge in [0.25, 0.3) is 0 Å². The van der Waals surface area contributed by atoms with Gasteiger partial charge in [-0.05, 0) is 58.6 Å². The normalized spacial score (nSPS) is 16.6. The highest BCUT2D eigenvalue weighted by Crippen LogP contribution is 2.35. The number of nitrogens with zero attached hydrogens (tertiary/aromatic N) is 1. The van der Waals surface area contributed by atoms with Crippen molar-refractivity contribution in [3.63, 3.8) is 0 Å². The molecular formula is C16H14BrN3O3S. The Balaban J connectivity index is 1.89. The van der Waals surface area contributed by atoms with Gasteiger partial charge in [-0.1, -0.05) is 0 Å². The van der Waals surface area contributed by atoms with Gasteiger partial charge >= 0.3 is 6.03 Å². The topological polar surface area (TPSA) is 88.2 Å². The number of carbonyl (C=O) groups excluding carboxylic acids is 3. The van der Waals surface area contributed by atoms with E-state index in [1.807, 2.05) is 24.3 Å². The summed E-state index contributed by atoms with van der Waals surface area (Å²) < 4.78 is 0.925. The third-order valence-corrected chi connectivity index (χ3v) is 5.64. The number of hydrogen-bond donors (Lipinski definition) is 2. The maximum atomic E-state index is 12.6. The number of amides is 4. The maximum absolute atomic E-state index is 12.6. The van der Waals surface area contributed by atoms with Gasteiger partial charge in [-0.25, -0.2) is 4.79 Å². The lowest BCUT2D eigenvalue weighted by molar-refractivity contribution is -0.144. The van der Waals surface area contributed by atoms with E-state index in [2.05, 4.69) is 31.5 Å². The number of barbiturate groups is 1. The fourth-order valence-electron chi connectivity index (χ4n) is 2.71. The highest BCUT2D eigenvalue weighted by molar-refractivity contribution is 9.11. The Morgan fingerprint density at radius 1 is 1.04 bits per heavy atom. The molecule has 8 heteroatoms. The third-order valence-electron chi connectivity index (χ3n) is 4.02. The summed E-state index contributed by atoms with van der Waals surface area (Å²) in [6.45, 7) is 0. The van der Waals surface area contributed by atoms with Crippen LogP contribution in [0.2, 0.25) is 0 Å². The van der Waals surface area contributed by atoms with Crippen molar-refractivity contribution in [3.05, 3.63) is 50.9 Å². The van der Waals surface area contributed by atoms with Crippen LogP contribution in [0.5, 0.6) is 0 Å². The molecule has 1 aliphatic rings. The molecule has 124 valence electrons. The Kier molecular flexibility index (Phi) is 4.77. The van der Waals surface area contributed by atoms with Gasteiger partial charge in [0.15, 0.2) is 0 Å². The van der Waals surface area contributed by atoms with Crippen molar-refractivity contribution in [3.8, 4) is 0 Å². The van der Waals surface area contributed by atoms with Gasteiger partial charge in [-0.3, -0.25) is 25.2 Å². The van der Waals surface area contributed by atoms with E-state index in [9.17, 15) is 14.4 Å². The second kappa shape index (κ2) is 6.82.